The molecule has 0 bridgehead atoms. The van der Waals surface area contributed by atoms with E-state index in [0.717, 1.165) is 12.2 Å². The van der Waals surface area contributed by atoms with Crippen LogP contribution in [0.25, 0.3) is 0 Å². The van der Waals surface area contributed by atoms with Crippen molar-refractivity contribution < 1.29 is 28.6 Å². The van der Waals surface area contributed by atoms with Crippen LogP contribution in [0.15, 0.2) is 12.2 Å². The number of hydrogen-bond donors (Lipinski definition) is 0. The molecule has 0 rings (SSSR count). The molecule has 0 saturated heterocycles. The maximum absolute atomic E-state index is 11.1. The molecule has 0 aromatic rings. The summed E-state index contributed by atoms with van der Waals surface area (Å²) in [5.41, 5.74) is 0. The van der Waals surface area contributed by atoms with Crippen molar-refractivity contribution in [2.45, 2.75) is 33.3 Å². The summed E-state index contributed by atoms with van der Waals surface area (Å²) >= 11 is 0. The number of ether oxygens (including phenoxy) is 3. The van der Waals surface area contributed by atoms with Gasteiger partial charge in [0.25, 0.3) is 0 Å². The zero-order chi connectivity index (χ0) is 14.0. The van der Waals surface area contributed by atoms with Gasteiger partial charge in [-0.15, -0.1) is 0 Å². The second kappa shape index (κ2) is 9.21. The van der Waals surface area contributed by atoms with Gasteiger partial charge in [0.05, 0.1) is 12.7 Å². The maximum atomic E-state index is 11.1. The lowest BCUT2D eigenvalue weighted by Crippen LogP contribution is -2.18. The van der Waals surface area contributed by atoms with E-state index < -0.39 is 24.5 Å². The smallest absolute Gasteiger partial charge is 0.344 e. The Labute approximate surface area is 106 Å². The fourth-order valence-corrected chi connectivity index (χ4v) is 0.862. The minimum Gasteiger partial charge on any atom is -0.463 e. The highest BCUT2D eigenvalue weighted by Gasteiger charge is 2.08. The Balaban J connectivity index is 3.86. The molecule has 0 aromatic carbocycles. The molecule has 0 radical (unpaired) electrons. The van der Waals surface area contributed by atoms with Crippen LogP contribution in [0.1, 0.15) is 27.2 Å². The third-order valence-corrected chi connectivity index (χ3v) is 1.50. The fourth-order valence-electron chi connectivity index (χ4n) is 0.862. The summed E-state index contributed by atoms with van der Waals surface area (Å²) in [6.45, 7) is 5.03. The van der Waals surface area contributed by atoms with Gasteiger partial charge < -0.3 is 14.2 Å². The highest BCUT2D eigenvalue weighted by molar-refractivity contribution is 5.92. The minimum atomic E-state index is -0.802. The predicted molar refractivity (Wildman–Crippen MR) is 62.6 cm³/mol. The first-order valence-electron chi connectivity index (χ1n) is 5.66. The Hall–Kier alpha value is -1.85. The first-order chi connectivity index (χ1) is 8.45. The number of hydrogen-bond acceptors (Lipinski definition) is 6. The standard InChI is InChI=1S/C12H18O6/c1-4-7-16-10(13)5-6-11(14)17-8-12(15)18-9(2)3/h5-6,9H,4,7-8H2,1-3H3/b6-5-. The number of carbonyl (C=O) groups is 3. The quantitative estimate of drug-likeness (QED) is 0.385. The van der Waals surface area contributed by atoms with Crippen LogP contribution in [0, 0.1) is 0 Å². The van der Waals surface area contributed by atoms with Gasteiger partial charge in [-0.25, -0.2) is 14.4 Å². The molecular formula is C12H18O6. The van der Waals surface area contributed by atoms with Crippen LogP contribution in [0.2, 0.25) is 0 Å². The molecule has 0 amide bonds. The molecular weight excluding hydrogens is 240 g/mol. The van der Waals surface area contributed by atoms with Crippen LogP contribution in [-0.2, 0) is 28.6 Å². The van der Waals surface area contributed by atoms with Crippen molar-refractivity contribution in [2.24, 2.45) is 0 Å². The van der Waals surface area contributed by atoms with E-state index in [4.69, 9.17) is 9.47 Å². The highest BCUT2D eigenvalue weighted by atomic mass is 16.6. The van der Waals surface area contributed by atoms with Crippen molar-refractivity contribution in [1.82, 2.24) is 0 Å². The lowest BCUT2D eigenvalue weighted by atomic mass is 10.5. The largest absolute Gasteiger partial charge is 0.463 e. The Kier molecular flexibility index (Phi) is 8.26. The van der Waals surface area contributed by atoms with Gasteiger partial charge in [-0.3, -0.25) is 0 Å². The van der Waals surface area contributed by atoms with E-state index in [0.29, 0.717) is 13.0 Å². The molecule has 18 heavy (non-hydrogen) atoms. The summed E-state index contributed by atoms with van der Waals surface area (Å²) in [6.07, 6.45) is 2.29. The topological polar surface area (TPSA) is 78.9 Å². The SMILES string of the molecule is CCCOC(=O)/C=C\C(=O)OCC(=O)OC(C)C. The Morgan fingerprint density at radius 2 is 1.61 bits per heavy atom. The molecule has 0 unspecified atom stereocenters. The van der Waals surface area contributed by atoms with Crippen LogP contribution in [0.3, 0.4) is 0 Å². The molecule has 0 aromatic heterocycles. The Bertz CT molecular complexity index is 319. The van der Waals surface area contributed by atoms with Crippen LogP contribution >= 0.6 is 0 Å². The third-order valence-electron chi connectivity index (χ3n) is 1.50. The van der Waals surface area contributed by atoms with Gasteiger partial charge in [0.2, 0.25) is 0 Å². The molecule has 0 fully saturated rings. The summed E-state index contributed by atoms with van der Waals surface area (Å²) in [5, 5.41) is 0. The summed E-state index contributed by atoms with van der Waals surface area (Å²) in [5.74, 6) is -2.07. The van der Waals surface area contributed by atoms with Gasteiger partial charge in [-0.1, -0.05) is 6.92 Å². The van der Waals surface area contributed by atoms with Crippen molar-refractivity contribution in [3.05, 3.63) is 12.2 Å². The number of carbonyl (C=O) groups excluding carboxylic acids is 3. The van der Waals surface area contributed by atoms with Crippen molar-refractivity contribution in [1.29, 1.82) is 0 Å². The second-order valence-corrected chi connectivity index (χ2v) is 3.65. The molecule has 6 nitrogen and oxygen atoms in total. The molecule has 0 saturated carbocycles. The number of rotatable bonds is 7. The van der Waals surface area contributed by atoms with Crippen molar-refractivity contribution in [2.75, 3.05) is 13.2 Å². The van der Waals surface area contributed by atoms with E-state index >= 15 is 0 Å². The van der Waals surface area contributed by atoms with Crippen LogP contribution in [0.5, 0.6) is 0 Å². The monoisotopic (exact) mass is 258 g/mol. The molecule has 0 atom stereocenters. The lowest BCUT2D eigenvalue weighted by Gasteiger charge is -2.07. The average molecular weight is 258 g/mol. The predicted octanol–water partition coefficient (Wildman–Crippen LogP) is 0.991. The number of esters is 3. The fraction of sp³-hybridized carbons (Fsp3) is 0.583. The van der Waals surface area contributed by atoms with E-state index in [9.17, 15) is 14.4 Å². The van der Waals surface area contributed by atoms with Crippen LogP contribution in [-0.4, -0.2) is 37.2 Å². The summed E-state index contributed by atoms with van der Waals surface area (Å²) in [6, 6.07) is 0. The van der Waals surface area contributed by atoms with Gasteiger partial charge in [0, 0.05) is 12.2 Å². The molecule has 0 heterocycles. The van der Waals surface area contributed by atoms with E-state index in [1.807, 2.05) is 6.92 Å². The lowest BCUT2D eigenvalue weighted by molar-refractivity contribution is -0.158. The zero-order valence-corrected chi connectivity index (χ0v) is 10.8. The van der Waals surface area contributed by atoms with Gasteiger partial charge in [-0.05, 0) is 20.3 Å². The van der Waals surface area contributed by atoms with Crippen molar-refractivity contribution in [3.8, 4) is 0 Å². The normalized spacial score (nSPS) is 10.4. The van der Waals surface area contributed by atoms with Crippen molar-refractivity contribution >= 4 is 17.9 Å². The second-order valence-electron chi connectivity index (χ2n) is 3.65. The van der Waals surface area contributed by atoms with Crippen LogP contribution in [0.4, 0.5) is 0 Å². The Morgan fingerprint density at radius 3 is 2.11 bits per heavy atom. The summed E-state index contributed by atoms with van der Waals surface area (Å²) in [4.78, 5) is 33.1. The van der Waals surface area contributed by atoms with E-state index in [-0.39, 0.29) is 6.10 Å². The molecule has 0 aliphatic heterocycles. The molecule has 6 heteroatoms. The molecule has 0 spiro atoms. The van der Waals surface area contributed by atoms with Crippen LogP contribution < -0.4 is 0 Å². The molecule has 0 N–H and O–H groups in total. The minimum absolute atomic E-state index is 0.268. The Morgan fingerprint density at radius 1 is 1.06 bits per heavy atom. The van der Waals surface area contributed by atoms with Gasteiger partial charge in [0.1, 0.15) is 0 Å². The maximum Gasteiger partial charge on any atom is 0.344 e. The molecule has 0 aliphatic rings. The first kappa shape index (κ1) is 16.1. The zero-order valence-electron chi connectivity index (χ0n) is 10.8. The summed E-state index contributed by atoms with van der Waals surface area (Å²) < 4.78 is 14.0. The molecule has 102 valence electrons. The van der Waals surface area contributed by atoms with Crippen molar-refractivity contribution in [3.63, 3.8) is 0 Å². The van der Waals surface area contributed by atoms with E-state index in [1.54, 1.807) is 13.8 Å². The first-order valence-corrected chi connectivity index (χ1v) is 5.66. The summed E-state index contributed by atoms with van der Waals surface area (Å²) in [7, 11) is 0. The average Bonchev–Trinajstić information content (AvgIpc) is 2.30. The van der Waals surface area contributed by atoms with Gasteiger partial charge in [-0.2, -0.15) is 0 Å². The van der Waals surface area contributed by atoms with Gasteiger partial charge >= 0.3 is 17.9 Å². The molecule has 0 aliphatic carbocycles. The third kappa shape index (κ3) is 9.38. The highest BCUT2D eigenvalue weighted by Crippen LogP contribution is 1.92. The van der Waals surface area contributed by atoms with E-state index in [2.05, 4.69) is 4.74 Å². The van der Waals surface area contributed by atoms with Gasteiger partial charge in [0.15, 0.2) is 6.61 Å². The van der Waals surface area contributed by atoms with E-state index in [1.165, 1.54) is 0 Å².